The highest BCUT2D eigenvalue weighted by Gasteiger charge is 2.19. The lowest BCUT2D eigenvalue weighted by Gasteiger charge is -2.16. The van der Waals surface area contributed by atoms with Gasteiger partial charge in [0, 0.05) is 17.2 Å². The van der Waals surface area contributed by atoms with Crippen molar-refractivity contribution in [1.82, 2.24) is 9.38 Å². The van der Waals surface area contributed by atoms with Gasteiger partial charge in [-0.05, 0) is 12.1 Å². The van der Waals surface area contributed by atoms with Crippen LogP contribution in [0.15, 0.2) is 24.5 Å². The molecule has 2 rings (SSSR count). The Kier molecular flexibility index (Phi) is 2.11. The van der Waals surface area contributed by atoms with Gasteiger partial charge in [-0.1, -0.05) is 20.8 Å². The highest BCUT2D eigenvalue weighted by molar-refractivity contribution is 5.85. The Morgan fingerprint density at radius 2 is 2.13 bits per heavy atom. The van der Waals surface area contributed by atoms with Crippen molar-refractivity contribution < 1.29 is 4.79 Å². The Bertz CT molecular complexity index is 506. The summed E-state index contributed by atoms with van der Waals surface area (Å²) in [4.78, 5) is 15.2. The number of hydrogen-bond acceptors (Lipinski definition) is 2. The van der Waals surface area contributed by atoms with Crippen LogP contribution in [0.1, 0.15) is 37.0 Å². The Balaban J connectivity index is 2.77. The fraction of sp³-hybridized carbons (Fsp3) is 0.333. The Hall–Kier alpha value is -1.64. The zero-order chi connectivity index (χ0) is 11.1. The number of aromatic nitrogens is 2. The molecule has 0 aliphatic rings. The van der Waals surface area contributed by atoms with Crippen molar-refractivity contribution in [2.75, 3.05) is 0 Å². The van der Waals surface area contributed by atoms with Crippen LogP contribution in [0.3, 0.4) is 0 Å². The van der Waals surface area contributed by atoms with Gasteiger partial charge in [0.15, 0.2) is 6.29 Å². The van der Waals surface area contributed by atoms with Gasteiger partial charge >= 0.3 is 0 Å². The Morgan fingerprint density at radius 1 is 1.40 bits per heavy atom. The van der Waals surface area contributed by atoms with Crippen molar-refractivity contribution in [2.45, 2.75) is 26.2 Å². The minimum Gasteiger partial charge on any atom is -0.303 e. The quantitative estimate of drug-likeness (QED) is 0.666. The van der Waals surface area contributed by atoms with E-state index in [1.54, 1.807) is 12.3 Å². The van der Waals surface area contributed by atoms with E-state index in [4.69, 9.17) is 0 Å². The van der Waals surface area contributed by atoms with Gasteiger partial charge in [-0.25, -0.2) is 4.98 Å². The lowest BCUT2D eigenvalue weighted by molar-refractivity contribution is 0.112. The molecule has 0 saturated heterocycles. The number of aldehydes is 1. The number of pyridine rings is 1. The third kappa shape index (κ3) is 1.54. The van der Waals surface area contributed by atoms with E-state index in [0.717, 1.165) is 17.6 Å². The summed E-state index contributed by atoms with van der Waals surface area (Å²) in [6, 6.07) is 3.67. The first-order chi connectivity index (χ1) is 7.04. The summed E-state index contributed by atoms with van der Waals surface area (Å²) in [5, 5.41) is 0. The van der Waals surface area contributed by atoms with Crippen molar-refractivity contribution in [2.24, 2.45) is 0 Å². The molecule has 0 aromatic carbocycles. The molecule has 0 atom stereocenters. The molecule has 0 unspecified atom stereocenters. The van der Waals surface area contributed by atoms with Crippen LogP contribution < -0.4 is 0 Å². The number of carbonyl (C=O) groups excluding carboxylic acids is 1. The molecule has 0 radical (unpaired) electrons. The van der Waals surface area contributed by atoms with E-state index in [0.29, 0.717) is 5.56 Å². The van der Waals surface area contributed by atoms with E-state index in [1.807, 2.05) is 16.7 Å². The van der Waals surface area contributed by atoms with Crippen LogP contribution in [0.5, 0.6) is 0 Å². The molecule has 2 heterocycles. The summed E-state index contributed by atoms with van der Waals surface area (Å²) < 4.78 is 1.98. The minimum atomic E-state index is -0.0199. The Morgan fingerprint density at radius 3 is 2.73 bits per heavy atom. The lowest BCUT2D eigenvalue weighted by atomic mass is 9.96. The van der Waals surface area contributed by atoms with Crippen LogP contribution in [-0.4, -0.2) is 15.7 Å². The number of hydrogen-bond donors (Lipinski definition) is 0. The molecular formula is C12H14N2O. The average Bonchev–Trinajstić information content (AvgIpc) is 2.59. The molecule has 2 aromatic rings. The average molecular weight is 202 g/mol. The second-order valence-electron chi connectivity index (χ2n) is 4.67. The second kappa shape index (κ2) is 3.19. The number of carbonyl (C=O) groups is 1. The molecule has 0 N–H and O–H groups in total. The molecule has 78 valence electrons. The van der Waals surface area contributed by atoms with Gasteiger partial charge in [-0.15, -0.1) is 0 Å². The van der Waals surface area contributed by atoms with E-state index in [2.05, 4.69) is 25.8 Å². The van der Waals surface area contributed by atoms with E-state index in [-0.39, 0.29) is 5.41 Å². The van der Waals surface area contributed by atoms with Gasteiger partial charge in [0.05, 0.1) is 11.7 Å². The van der Waals surface area contributed by atoms with Crippen LogP contribution in [0.25, 0.3) is 5.52 Å². The standard InChI is InChI=1S/C12H14N2O/c1-12(2,3)11-13-7-10-9(8-15)5-4-6-14(10)11/h4-8H,1-3H3. The van der Waals surface area contributed by atoms with E-state index >= 15 is 0 Å². The maximum absolute atomic E-state index is 10.8. The maximum Gasteiger partial charge on any atom is 0.152 e. The monoisotopic (exact) mass is 202 g/mol. The van der Waals surface area contributed by atoms with Gasteiger partial charge in [-0.3, -0.25) is 4.79 Å². The number of fused-ring (bicyclic) bond motifs is 1. The van der Waals surface area contributed by atoms with Crippen LogP contribution in [0.2, 0.25) is 0 Å². The molecule has 15 heavy (non-hydrogen) atoms. The van der Waals surface area contributed by atoms with Crippen LogP contribution in [0, 0.1) is 0 Å². The van der Waals surface area contributed by atoms with Gasteiger partial charge in [0.1, 0.15) is 5.82 Å². The van der Waals surface area contributed by atoms with Crippen molar-refractivity contribution >= 4 is 11.8 Å². The van der Waals surface area contributed by atoms with Crippen LogP contribution >= 0.6 is 0 Å². The molecule has 0 bridgehead atoms. The fourth-order valence-corrected chi connectivity index (χ4v) is 1.70. The number of nitrogens with zero attached hydrogens (tertiary/aromatic N) is 2. The highest BCUT2D eigenvalue weighted by Crippen LogP contribution is 2.22. The summed E-state index contributed by atoms with van der Waals surface area (Å²) in [6.45, 7) is 6.32. The molecule has 3 heteroatoms. The first-order valence-electron chi connectivity index (χ1n) is 4.96. The molecule has 0 spiro atoms. The summed E-state index contributed by atoms with van der Waals surface area (Å²) in [5.41, 5.74) is 1.53. The first kappa shape index (κ1) is 9.90. The van der Waals surface area contributed by atoms with Crippen molar-refractivity contribution in [1.29, 1.82) is 0 Å². The molecule has 0 fully saturated rings. The summed E-state index contributed by atoms with van der Waals surface area (Å²) >= 11 is 0. The van der Waals surface area contributed by atoms with Crippen molar-refractivity contribution in [3.8, 4) is 0 Å². The Labute approximate surface area is 88.8 Å². The van der Waals surface area contributed by atoms with E-state index in [9.17, 15) is 4.79 Å². The summed E-state index contributed by atoms with van der Waals surface area (Å²) in [6.07, 6.45) is 4.56. The van der Waals surface area contributed by atoms with Crippen LogP contribution in [-0.2, 0) is 5.41 Å². The lowest BCUT2D eigenvalue weighted by Crippen LogP contribution is -2.15. The molecule has 0 saturated carbocycles. The second-order valence-corrected chi connectivity index (χ2v) is 4.67. The van der Waals surface area contributed by atoms with Gasteiger partial charge in [0.25, 0.3) is 0 Å². The number of rotatable bonds is 1. The predicted octanol–water partition coefficient (Wildman–Crippen LogP) is 2.44. The third-order valence-electron chi connectivity index (χ3n) is 2.40. The molecule has 0 aliphatic heterocycles. The SMILES string of the molecule is CC(C)(C)c1ncc2c(C=O)cccn12. The van der Waals surface area contributed by atoms with Crippen molar-refractivity contribution in [3.63, 3.8) is 0 Å². The summed E-state index contributed by atoms with van der Waals surface area (Å²) in [5.74, 6) is 0.973. The molecule has 0 aliphatic carbocycles. The molecule has 0 amide bonds. The topological polar surface area (TPSA) is 34.4 Å². The first-order valence-corrected chi connectivity index (χ1v) is 4.96. The predicted molar refractivity (Wildman–Crippen MR) is 59.3 cm³/mol. The van der Waals surface area contributed by atoms with E-state index in [1.165, 1.54) is 0 Å². The zero-order valence-corrected chi connectivity index (χ0v) is 9.19. The van der Waals surface area contributed by atoms with Crippen molar-refractivity contribution in [3.05, 3.63) is 35.9 Å². The third-order valence-corrected chi connectivity index (χ3v) is 2.40. The molecule has 2 aromatic heterocycles. The number of imidazole rings is 1. The zero-order valence-electron chi connectivity index (χ0n) is 9.19. The van der Waals surface area contributed by atoms with Gasteiger partial charge in [0.2, 0.25) is 0 Å². The normalized spacial score (nSPS) is 11.9. The van der Waals surface area contributed by atoms with Gasteiger partial charge < -0.3 is 4.40 Å². The molecule has 3 nitrogen and oxygen atoms in total. The minimum absolute atomic E-state index is 0.0199. The van der Waals surface area contributed by atoms with E-state index < -0.39 is 0 Å². The maximum atomic E-state index is 10.8. The highest BCUT2D eigenvalue weighted by atomic mass is 16.1. The largest absolute Gasteiger partial charge is 0.303 e. The van der Waals surface area contributed by atoms with Gasteiger partial charge in [-0.2, -0.15) is 0 Å². The smallest absolute Gasteiger partial charge is 0.152 e. The van der Waals surface area contributed by atoms with Crippen LogP contribution in [0.4, 0.5) is 0 Å². The fourth-order valence-electron chi connectivity index (χ4n) is 1.70. The summed E-state index contributed by atoms with van der Waals surface area (Å²) in [7, 11) is 0. The molecular weight excluding hydrogens is 188 g/mol.